The van der Waals surface area contributed by atoms with Gasteiger partial charge in [-0.15, -0.1) is 0 Å². The highest BCUT2D eigenvalue weighted by Crippen LogP contribution is 2.67. The number of fused-ring (bicyclic) bond motifs is 5. The summed E-state index contributed by atoms with van der Waals surface area (Å²) in [6.45, 7) is 13.7. The Morgan fingerprint density at radius 1 is 0.963 bits per heavy atom. The third-order valence-corrected chi connectivity index (χ3v) is 9.20. The molecule has 1 aromatic rings. The fourth-order valence-electron chi connectivity index (χ4n) is 7.30. The normalized spacial score (nSPS) is 39.4. The summed E-state index contributed by atoms with van der Waals surface area (Å²) < 4.78 is 11.4. The molecule has 0 aromatic heterocycles. The van der Waals surface area contributed by atoms with E-state index in [1.165, 1.54) is 36.9 Å². The van der Waals surface area contributed by atoms with E-state index in [1.807, 2.05) is 0 Å². The number of nitrogens with one attached hydrogen (secondary N) is 1. The molecule has 0 amide bonds. The lowest BCUT2D eigenvalue weighted by atomic mass is 9.40. The van der Waals surface area contributed by atoms with Gasteiger partial charge in [0.15, 0.2) is 0 Å². The van der Waals surface area contributed by atoms with Crippen molar-refractivity contribution in [1.82, 2.24) is 0 Å². The van der Waals surface area contributed by atoms with Gasteiger partial charge in [0.25, 0.3) is 0 Å². The quantitative estimate of drug-likeness (QED) is 0.704. The van der Waals surface area contributed by atoms with Gasteiger partial charge in [-0.1, -0.05) is 34.6 Å². The first-order valence-corrected chi connectivity index (χ1v) is 10.7. The second-order valence-corrected chi connectivity index (χ2v) is 10.5. The van der Waals surface area contributed by atoms with Crippen molar-refractivity contribution in [2.75, 3.05) is 26.1 Å². The Morgan fingerprint density at radius 2 is 1.70 bits per heavy atom. The Kier molecular flexibility index (Phi) is 4.25. The molecule has 150 valence electrons. The Labute approximate surface area is 165 Å². The van der Waals surface area contributed by atoms with Crippen molar-refractivity contribution in [3.05, 3.63) is 17.7 Å². The van der Waals surface area contributed by atoms with E-state index < -0.39 is 0 Å². The maximum atomic E-state index is 5.88. The van der Waals surface area contributed by atoms with Crippen molar-refractivity contribution >= 4 is 5.69 Å². The number of benzene rings is 1. The van der Waals surface area contributed by atoms with Crippen LogP contribution in [-0.4, -0.2) is 20.8 Å². The minimum Gasteiger partial charge on any atom is -0.497 e. The van der Waals surface area contributed by atoms with Gasteiger partial charge in [-0.05, 0) is 54.3 Å². The summed E-state index contributed by atoms with van der Waals surface area (Å²) in [4.78, 5) is 0. The van der Waals surface area contributed by atoms with Crippen molar-refractivity contribution in [2.24, 2.45) is 28.6 Å². The monoisotopic (exact) mass is 371 g/mol. The lowest BCUT2D eigenvalue weighted by molar-refractivity contribution is -0.124. The molecular formula is C24H37NO2. The van der Waals surface area contributed by atoms with Crippen molar-refractivity contribution in [2.45, 2.75) is 65.7 Å². The van der Waals surface area contributed by atoms with Gasteiger partial charge in [0.1, 0.15) is 11.5 Å². The highest BCUT2D eigenvalue weighted by molar-refractivity contribution is 5.67. The fraction of sp³-hybridized carbons (Fsp3) is 0.750. The molecule has 5 atom stereocenters. The van der Waals surface area contributed by atoms with E-state index in [9.17, 15) is 0 Å². The molecule has 0 bridgehead atoms. The van der Waals surface area contributed by atoms with Gasteiger partial charge in [-0.2, -0.15) is 0 Å². The van der Waals surface area contributed by atoms with Crippen molar-refractivity contribution < 1.29 is 9.47 Å². The molecule has 2 aliphatic carbocycles. The largest absolute Gasteiger partial charge is 0.497 e. The van der Waals surface area contributed by atoms with Gasteiger partial charge < -0.3 is 14.8 Å². The van der Waals surface area contributed by atoms with E-state index in [1.54, 1.807) is 14.2 Å². The first-order valence-electron chi connectivity index (χ1n) is 10.7. The first-order chi connectivity index (χ1) is 12.7. The predicted octanol–water partition coefficient (Wildman–Crippen LogP) is 5.88. The molecule has 0 saturated heterocycles. The third-order valence-electron chi connectivity index (χ3n) is 9.20. The van der Waals surface area contributed by atoms with E-state index in [4.69, 9.17) is 9.47 Å². The molecule has 3 aliphatic rings. The zero-order valence-corrected chi connectivity index (χ0v) is 18.2. The van der Waals surface area contributed by atoms with Crippen molar-refractivity contribution in [3.63, 3.8) is 0 Å². The van der Waals surface area contributed by atoms with Crippen LogP contribution in [0.15, 0.2) is 12.1 Å². The molecule has 5 unspecified atom stereocenters. The minimum atomic E-state index is 0.153. The molecular weight excluding hydrogens is 334 g/mol. The number of hydrogen-bond acceptors (Lipinski definition) is 3. The van der Waals surface area contributed by atoms with Gasteiger partial charge in [0.2, 0.25) is 0 Å². The zero-order valence-electron chi connectivity index (χ0n) is 18.2. The van der Waals surface area contributed by atoms with E-state index in [0.717, 1.165) is 29.9 Å². The molecule has 1 aromatic carbocycles. The van der Waals surface area contributed by atoms with Gasteiger partial charge in [-0.3, -0.25) is 0 Å². The second kappa shape index (κ2) is 6.06. The van der Waals surface area contributed by atoms with Gasteiger partial charge in [-0.25, -0.2) is 0 Å². The minimum absolute atomic E-state index is 0.153. The topological polar surface area (TPSA) is 30.5 Å². The summed E-state index contributed by atoms with van der Waals surface area (Å²) in [6, 6.07) is 4.22. The average molecular weight is 372 g/mol. The molecule has 3 heteroatoms. The van der Waals surface area contributed by atoms with Crippen LogP contribution >= 0.6 is 0 Å². The van der Waals surface area contributed by atoms with Gasteiger partial charge in [0, 0.05) is 35.3 Å². The van der Waals surface area contributed by atoms with Crippen molar-refractivity contribution in [3.8, 4) is 11.5 Å². The summed E-state index contributed by atoms with van der Waals surface area (Å²) >= 11 is 0. The van der Waals surface area contributed by atoms with Crippen LogP contribution in [0.5, 0.6) is 11.5 Å². The maximum Gasteiger partial charge on any atom is 0.128 e. The lowest BCUT2D eigenvalue weighted by Gasteiger charge is -2.65. The number of anilines is 1. The highest BCUT2D eigenvalue weighted by atomic mass is 16.5. The maximum absolute atomic E-state index is 5.88. The smallest absolute Gasteiger partial charge is 0.128 e. The van der Waals surface area contributed by atoms with Gasteiger partial charge >= 0.3 is 0 Å². The van der Waals surface area contributed by atoms with Crippen LogP contribution in [0.2, 0.25) is 0 Å². The molecule has 1 N–H and O–H groups in total. The molecule has 1 aliphatic heterocycles. The van der Waals surface area contributed by atoms with Crippen LogP contribution in [0.3, 0.4) is 0 Å². The summed E-state index contributed by atoms with van der Waals surface area (Å²) in [7, 11) is 3.52. The highest BCUT2D eigenvalue weighted by Gasteiger charge is 2.61. The number of methoxy groups -OCH3 is 2. The molecule has 27 heavy (non-hydrogen) atoms. The van der Waals surface area contributed by atoms with Crippen LogP contribution in [0.25, 0.3) is 0 Å². The van der Waals surface area contributed by atoms with Crippen LogP contribution in [-0.2, 0) is 5.41 Å². The number of rotatable bonds is 2. The third kappa shape index (κ3) is 2.46. The summed E-state index contributed by atoms with van der Waals surface area (Å²) in [5.74, 6) is 4.08. The molecule has 0 spiro atoms. The molecule has 4 rings (SSSR count). The van der Waals surface area contributed by atoms with Gasteiger partial charge in [0.05, 0.1) is 14.2 Å². The van der Waals surface area contributed by atoms with Crippen molar-refractivity contribution in [1.29, 1.82) is 0 Å². The Bertz CT molecular complexity index is 725. The van der Waals surface area contributed by atoms with E-state index >= 15 is 0 Å². The van der Waals surface area contributed by atoms with E-state index in [-0.39, 0.29) is 5.41 Å². The average Bonchev–Trinajstić information content (AvgIpc) is 2.63. The molecule has 3 nitrogen and oxygen atoms in total. The fourth-order valence-corrected chi connectivity index (χ4v) is 7.30. The van der Waals surface area contributed by atoms with Crippen LogP contribution < -0.4 is 14.8 Å². The molecule has 2 saturated carbocycles. The molecule has 2 fully saturated rings. The predicted molar refractivity (Wildman–Crippen MR) is 112 cm³/mol. The number of ether oxygens (including phenoxy) is 2. The molecule has 0 radical (unpaired) electrons. The SMILES string of the molecule is COc1cc2c(c(OC)c1)C1(C)CCC3C(C)(C)C(C)CCC3(C)C1CN2. The Balaban J connectivity index is 1.83. The van der Waals surface area contributed by atoms with E-state index in [0.29, 0.717) is 16.7 Å². The number of hydrogen-bond donors (Lipinski definition) is 1. The van der Waals surface area contributed by atoms with Crippen LogP contribution in [0, 0.1) is 28.6 Å². The van der Waals surface area contributed by atoms with Crippen LogP contribution in [0.1, 0.15) is 65.9 Å². The Morgan fingerprint density at radius 3 is 2.37 bits per heavy atom. The summed E-state index contributed by atoms with van der Waals surface area (Å²) in [5.41, 5.74) is 3.52. The second-order valence-electron chi connectivity index (χ2n) is 10.5. The molecule has 1 heterocycles. The Hall–Kier alpha value is -1.38. The standard InChI is InChI=1S/C24H37NO2/c1-15-8-10-23(4)19(22(15,2)3)9-11-24(5)20(23)14-25-17-12-16(26-6)13-18(27-7)21(17)24/h12-13,15,19-20,25H,8-11,14H2,1-7H3. The van der Waals surface area contributed by atoms with Crippen LogP contribution in [0.4, 0.5) is 5.69 Å². The summed E-state index contributed by atoms with van der Waals surface area (Å²) in [6.07, 6.45) is 5.25. The van der Waals surface area contributed by atoms with E-state index in [2.05, 4.69) is 52.1 Å². The lowest BCUT2D eigenvalue weighted by Crippen LogP contribution is -2.61. The first kappa shape index (κ1) is 19.0. The zero-order chi connectivity index (χ0) is 19.6. The summed E-state index contributed by atoms with van der Waals surface area (Å²) in [5, 5.41) is 3.77.